The van der Waals surface area contributed by atoms with Gasteiger partial charge in [-0.05, 0) is 35.9 Å². The first-order chi connectivity index (χ1) is 10.8. The third-order valence-electron chi connectivity index (χ3n) is 3.83. The molecule has 3 rings (SSSR count). The highest BCUT2D eigenvalue weighted by Gasteiger charge is 2.13. The molecule has 1 heterocycles. The molecule has 1 aromatic heterocycles. The highest BCUT2D eigenvalue weighted by molar-refractivity contribution is 5.62. The fraction of sp³-hybridized carbons (Fsp3) is 0.167. The second-order valence-corrected chi connectivity index (χ2v) is 5.27. The zero-order valence-corrected chi connectivity index (χ0v) is 12.4. The average molecular weight is 295 g/mol. The third-order valence-corrected chi connectivity index (χ3v) is 3.83. The number of H-pyrrole nitrogens is 1. The van der Waals surface area contributed by atoms with Crippen molar-refractivity contribution in [3.05, 3.63) is 77.9 Å². The number of likely N-dealkylation sites (N-methyl/N-ethyl adjacent to an activating group) is 1. The van der Waals surface area contributed by atoms with E-state index in [4.69, 9.17) is 0 Å². The molecule has 0 saturated heterocycles. The molecule has 0 aliphatic rings. The summed E-state index contributed by atoms with van der Waals surface area (Å²) >= 11 is 0. The lowest BCUT2D eigenvalue weighted by atomic mass is 9.90. The average Bonchev–Trinajstić information content (AvgIpc) is 3.08. The van der Waals surface area contributed by atoms with Gasteiger partial charge in [-0.3, -0.25) is 5.10 Å². The van der Waals surface area contributed by atoms with Crippen molar-refractivity contribution in [3.63, 3.8) is 0 Å². The summed E-state index contributed by atoms with van der Waals surface area (Å²) < 4.78 is 13.1. The van der Waals surface area contributed by atoms with Gasteiger partial charge in [-0.25, -0.2) is 4.39 Å². The van der Waals surface area contributed by atoms with Gasteiger partial charge in [0.05, 0.1) is 6.20 Å². The molecular weight excluding hydrogens is 277 g/mol. The maximum Gasteiger partial charge on any atom is 0.123 e. The number of nitrogens with zero attached hydrogens (tertiary/aromatic N) is 1. The molecule has 0 radical (unpaired) electrons. The van der Waals surface area contributed by atoms with Crippen LogP contribution in [0.2, 0.25) is 0 Å². The summed E-state index contributed by atoms with van der Waals surface area (Å²) in [5, 5.41) is 10.0. The summed E-state index contributed by atoms with van der Waals surface area (Å²) in [5.41, 5.74) is 4.50. The molecule has 1 atom stereocenters. The van der Waals surface area contributed by atoms with Crippen LogP contribution in [0, 0.1) is 5.82 Å². The van der Waals surface area contributed by atoms with Gasteiger partial charge in [0.25, 0.3) is 0 Å². The Morgan fingerprint density at radius 3 is 2.18 bits per heavy atom. The van der Waals surface area contributed by atoms with Gasteiger partial charge in [0.1, 0.15) is 5.82 Å². The van der Waals surface area contributed by atoms with Gasteiger partial charge in [-0.15, -0.1) is 0 Å². The first-order valence-corrected chi connectivity index (χ1v) is 7.27. The summed E-state index contributed by atoms with van der Waals surface area (Å²) in [5.74, 6) is -0.00809. The van der Waals surface area contributed by atoms with Crippen LogP contribution in [0.25, 0.3) is 11.1 Å². The van der Waals surface area contributed by atoms with Gasteiger partial charge in [0.2, 0.25) is 0 Å². The molecule has 4 heteroatoms. The normalized spacial score (nSPS) is 12.3. The smallest absolute Gasteiger partial charge is 0.123 e. The fourth-order valence-corrected chi connectivity index (χ4v) is 2.64. The molecule has 0 spiro atoms. The quantitative estimate of drug-likeness (QED) is 0.755. The van der Waals surface area contributed by atoms with E-state index in [1.54, 1.807) is 6.20 Å². The van der Waals surface area contributed by atoms with Crippen LogP contribution in [0.5, 0.6) is 0 Å². The van der Waals surface area contributed by atoms with E-state index in [-0.39, 0.29) is 11.7 Å². The van der Waals surface area contributed by atoms with Crippen molar-refractivity contribution < 1.29 is 4.39 Å². The van der Waals surface area contributed by atoms with E-state index in [9.17, 15) is 4.39 Å². The molecule has 3 aromatic rings. The van der Waals surface area contributed by atoms with E-state index >= 15 is 0 Å². The molecule has 0 bridgehead atoms. The third kappa shape index (κ3) is 3.07. The van der Waals surface area contributed by atoms with Gasteiger partial charge < -0.3 is 5.32 Å². The van der Waals surface area contributed by atoms with Gasteiger partial charge >= 0.3 is 0 Å². The molecule has 0 aliphatic heterocycles. The lowest BCUT2D eigenvalue weighted by Crippen LogP contribution is -2.18. The zero-order valence-electron chi connectivity index (χ0n) is 12.4. The van der Waals surface area contributed by atoms with Crippen LogP contribution in [-0.4, -0.2) is 23.8 Å². The SMILES string of the molecule is CNCC(c1ccc(F)cc1)c1ccc(-c2cn[nH]c2)cc1. The van der Waals surface area contributed by atoms with E-state index in [2.05, 4.69) is 39.8 Å². The molecule has 112 valence electrons. The van der Waals surface area contributed by atoms with Crippen LogP contribution in [0.3, 0.4) is 0 Å². The van der Waals surface area contributed by atoms with E-state index < -0.39 is 0 Å². The predicted molar refractivity (Wildman–Crippen MR) is 86.2 cm³/mol. The van der Waals surface area contributed by atoms with Gasteiger partial charge in [0, 0.05) is 24.2 Å². The Morgan fingerprint density at radius 1 is 1.00 bits per heavy atom. The summed E-state index contributed by atoms with van der Waals surface area (Å²) in [6.07, 6.45) is 3.68. The Balaban J connectivity index is 1.90. The Labute approximate surface area is 129 Å². The molecule has 2 aromatic carbocycles. The topological polar surface area (TPSA) is 40.7 Å². The highest BCUT2D eigenvalue weighted by atomic mass is 19.1. The van der Waals surface area contributed by atoms with Crippen LogP contribution in [0.1, 0.15) is 17.0 Å². The number of aromatic nitrogens is 2. The van der Waals surface area contributed by atoms with Crippen molar-refractivity contribution in [1.29, 1.82) is 0 Å². The van der Waals surface area contributed by atoms with E-state index in [1.165, 1.54) is 17.7 Å². The second-order valence-electron chi connectivity index (χ2n) is 5.27. The number of hydrogen-bond donors (Lipinski definition) is 2. The van der Waals surface area contributed by atoms with Crippen LogP contribution in [0.4, 0.5) is 4.39 Å². The molecule has 0 fully saturated rings. The van der Waals surface area contributed by atoms with Crippen molar-refractivity contribution >= 4 is 0 Å². The Morgan fingerprint density at radius 2 is 1.64 bits per heavy atom. The lowest BCUT2D eigenvalue weighted by molar-refractivity contribution is 0.625. The molecule has 22 heavy (non-hydrogen) atoms. The minimum absolute atomic E-state index is 0.198. The first kappa shape index (κ1) is 14.5. The fourth-order valence-electron chi connectivity index (χ4n) is 2.64. The molecule has 1 unspecified atom stereocenters. The number of benzene rings is 2. The number of halogens is 1. The number of aromatic amines is 1. The molecule has 0 saturated carbocycles. The summed E-state index contributed by atoms with van der Waals surface area (Å²) in [7, 11) is 1.93. The Hall–Kier alpha value is -2.46. The zero-order chi connectivity index (χ0) is 15.4. The van der Waals surface area contributed by atoms with Crippen molar-refractivity contribution in [1.82, 2.24) is 15.5 Å². The number of rotatable bonds is 5. The van der Waals surface area contributed by atoms with Crippen LogP contribution >= 0.6 is 0 Å². The van der Waals surface area contributed by atoms with Crippen molar-refractivity contribution in [3.8, 4) is 11.1 Å². The monoisotopic (exact) mass is 295 g/mol. The standard InChI is InChI=1S/C18H18FN3/c1-20-12-18(15-6-8-17(19)9-7-15)14-4-2-13(3-5-14)16-10-21-22-11-16/h2-11,18,20H,12H2,1H3,(H,21,22). The first-order valence-electron chi connectivity index (χ1n) is 7.27. The predicted octanol–water partition coefficient (Wildman–Crippen LogP) is 3.57. The summed E-state index contributed by atoms with van der Waals surface area (Å²) in [6.45, 7) is 0.802. The molecule has 0 amide bonds. The van der Waals surface area contributed by atoms with Crippen LogP contribution in [-0.2, 0) is 0 Å². The molecule has 3 nitrogen and oxygen atoms in total. The Kier molecular flexibility index (Phi) is 4.30. The largest absolute Gasteiger partial charge is 0.319 e. The summed E-state index contributed by atoms with van der Waals surface area (Å²) in [6, 6.07) is 15.1. The van der Waals surface area contributed by atoms with E-state index in [0.29, 0.717) is 0 Å². The second kappa shape index (κ2) is 6.54. The molecule has 2 N–H and O–H groups in total. The number of nitrogens with one attached hydrogen (secondary N) is 2. The maximum absolute atomic E-state index is 13.1. The van der Waals surface area contributed by atoms with E-state index in [0.717, 1.165) is 23.2 Å². The van der Waals surface area contributed by atoms with Gasteiger partial charge in [-0.1, -0.05) is 36.4 Å². The van der Waals surface area contributed by atoms with Crippen molar-refractivity contribution in [2.24, 2.45) is 0 Å². The van der Waals surface area contributed by atoms with Crippen LogP contribution in [0.15, 0.2) is 60.9 Å². The minimum Gasteiger partial charge on any atom is -0.319 e. The van der Waals surface area contributed by atoms with Gasteiger partial charge in [-0.2, -0.15) is 5.10 Å². The summed E-state index contributed by atoms with van der Waals surface area (Å²) in [4.78, 5) is 0. The maximum atomic E-state index is 13.1. The lowest BCUT2D eigenvalue weighted by Gasteiger charge is -2.18. The van der Waals surface area contributed by atoms with Gasteiger partial charge in [0.15, 0.2) is 0 Å². The molecular formula is C18H18FN3. The molecule has 0 aliphatic carbocycles. The van der Waals surface area contributed by atoms with E-state index in [1.807, 2.05) is 25.4 Å². The minimum atomic E-state index is -0.206. The van der Waals surface area contributed by atoms with Crippen LogP contribution < -0.4 is 5.32 Å². The van der Waals surface area contributed by atoms with Crippen molar-refractivity contribution in [2.75, 3.05) is 13.6 Å². The number of hydrogen-bond acceptors (Lipinski definition) is 2. The Bertz CT molecular complexity index is 703. The highest BCUT2D eigenvalue weighted by Crippen LogP contribution is 2.27. The van der Waals surface area contributed by atoms with Crippen molar-refractivity contribution in [2.45, 2.75) is 5.92 Å².